The highest BCUT2D eigenvalue weighted by molar-refractivity contribution is 6.02. The minimum Gasteiger partial charge on any atom is -0.477 e. The zero-order chi connectivity index (χ0) is 15.4. The summed E-state index contributed by atoms with van der Waals surface area (Å²) in [5, 5.41) is 9.04. The third-order valence-electron chi connectivity index (χ3n) is 4.02. The first-order valence-electron chi connectivity index (χ1n) is 7.30. The number of carbonyl (C=O) groups is 2. The van der Waals surface area contributed by atoms with Gasteiger partial charge in [-0.05, 0) is 25.8 Å². The monoisotopic (exact) mass is 294 g/mol. The number of nitrogens with one attached hydrogen (secondary N) is 1. The molecule has 1 fully saturated rings. The fourth-order valence-corrected chi connectivity index (χ4v) is 2.80. The minimum atomic E-state index is -1.16. The quantitative estimate of drug-likeness (QED) is 0.847. The van der Waals surface area contributed by atoms with Gasteiger partial charge in [-0.1, -0.05) is 6.92 Å². The number of aromatic amines is 1. The number of piperidine rings is 1. The Hall–Kier alpha value is -1.89. The molecule has 1 amide bonds. The number of imidazole rings is 1. The summed E-state index contributed by atoms with van der Waals surface area (Å²) in [5.41, 5.74) is -0.156. The Bertz CT molecular complexity index is 506. The molecule has 1 aromatic heterocycles. The lowest BCUT2D eigenvalue weighted by molar-refractivity contribution is 0.0614. The molecule has 7 heteroatoms. The number of rotatable bonds is 5. The van der Waals surface area contributed by atoms with Crippen LogP contribution in [0.5, 0.6) is 0 Å². The predicted molar refractivity (Wildman–Crippen MR) is 77.4 cm³/mol. The highest BCUT2D eigenvalue weighted by Crippen LogP contribution is 2.18. The first-order valence-corrected chi connectivity index (χ1v) is 7.30. The standard InChI is InChI=1S/C14H22N4O3/c1-3-6-18-7-4-10(5-8-18)17(2)13(19)11-12(14(20)21)16-9-15-11/h9-10H,3-8H2,1-2H3,(H,15,16)(H,20,21). The fraction of sp³-hybridized carbons (Fsp3) is 0.643. The van der Waals surface area contributed by atoms with Crippen LogP contribution in [-0.2, 0) is 0 Å². The maximum atomic E-state index is 12.4. The number of carboxylic acids is 1. The summed E-state index contributed by atoms with van der Waals surface area (Å²) in [6, 6.07) is 0.143. The van der Waals surface area contributed by atoms with Gasteiger partial charge in [-0.25, -0.2) is 9.78 Å². The van der Waals surface area contributed by atoms with Crippen LogP contribution in [0.1, 0.15) is 47.2 Å². The maximum Gasteiger partial charge on any atom is 0.354 e. The molecule has 1 aliphatic heterocycles. The number of carbonyl (C=O) groups excluding carboxylic acids is 1. The molecule has 2 heterocycles. The van der Waals surface area contributed by atoms with Crippen molar-refractivity contribution < 1.29 is 14.7 Å². The fourth-order valence-electron chi connectivity index (χ4n) is 2.80. The molecule has 116 valence electrons. The second-order valence-electron chi connectivity index (χ2n) is 5.42. The molecule has 2 rings (SSSR count). The molecule has 0 spiro atoms. The lowest BCUT2D eigenvalue weighted by Crippen LogP contribution is -2.46. The molecule has 0 aromatic carbocycles. The molecule has 7 nitrogen and oxygen atoms in total. The van der Waals surface area contributed by atoms with E-state index in [4.69, 9.17) is 5.11 Å². The van der Waals surface area contributed by atoms with Crippen molar-refractivity contribution in [2.45, 2.75) is 32.2 Å². The molecule has 1 aromatic rings. The van der Waals surface area contributed by atoms with E-state index in [0.717, 1.165) is 38.9 Å². The summed E-state index contributed by atoms with van der Waals surface area (Å²) in [7, 11) is 1.72. The molecule has 1 saturated heterocycles. The Labute approximate surface area is 124 Å². The number of hydrogen-bond acceptors (Lipinski definition) is 4. The molecule has 1 aliphatic rings. The third-order valence-corrected chi connectivity index (χ3v) is 4.02. The van der Waals surface area contributed by atoms with Crippen LogP contribution in [0.25, 0.3) is 0 Å². The normalized spacial score (nSPS) is 16.9. The van der Waals surface area contributed by atoms with Gasteiger partial charge < -0.3 is 19.9 Å². The van der Waals surface area contributed by atoms with Crippen molar-refractivity contribution in [2.24, 2.45) is 0 Å². The number of amides is 1. The Morgan fingerprint density at radius 2 is 2.14 bits per heavy atom. The van der Waals surface area contributed by atoms with E-state index in [2.05, 4.69) is 21.8 Å². The van der Waals surface area contributed by atoms with E-state index in [9.17, 15) is 9.59 Å². The van der Waals surface area contributed by atoms with Crippen molar-refractivity contribution in [3.8, 4) is 0 Å². The molecule has 0 atom stereocenters. The zero-order valence-corrected chi connectivity index (χ0v) is 12.5. The SMILES string of the molecule is CCCN1CCC(N(C)C(=O)c2nc[nH]c2C(=O)O)CC1. The molecule has 0 unspecified atom stereocenters. The van der Waals surface area contributed by atoms with Crippen LogP contribution in [0, 0.1) is 0 Å². The van der Waals surface area contributed by atoms with Crippen molar-refractivity contribution in [1.82, 2.24) is 19.8 Å². The van der Waals surface area contributed by atoms with Gasteiger partial charge in [0.1, 0.15) is 0 Å². The van der Waals surface area contributed by atoms with Crippen LogP contribution in [0.4, 0.5) is 0 Å². The summed E-state index contributed by atoms with van der Waals surface area (Å²) in [5.74, 6) is -1.50. The number of H-pyrrole nitrogens is 1. The summed E-state index contributed by atoms with van der Waals surface area (Å²) >= 11 is 0. The van der Waals surface area contributed by atoms with E-state index in [1.807, 2.05) is 0 Å². The number of likely N-dealkylation sites (tertiary alicyclic amines) is 1. The third kappa shape index (κ3) is 3.41. The highest BCUT2D eigenvalue weighted by Gasteiger charge is 2.29. The van der Waals surface area contributed by atoms with Gasteiger partial charge in [-0.3, -0.25) is 4.79 Å². The second kappa shape index (κ2) is 6.71. The first kappa shape index (κ1) is 15.5. The highest BCUT2D eigenvalue weighted by atomic mass is 16.4. The van der Waals surface area contributed by atoms with Crippen LogP contribution in [0.2, 0.25) is 0 Å². The Kier molecular flexibility index (Phi) is 4.95. The lowest BCUT2D eigenvalue weighted by atomic mass is 10.0. The Balaban J connectivity index is 2.00. The average Bonchev–Trinajstić information content (AvgIpc) is 2.96. The van der Waals surface area contributed by atoms with Crippen LogP contribution < -0.4 is 0 Å². The number of nitrogens with zero attached hydrogens (tertiary/aromatic N) is 3. The smallest absolute Gasteiger partial charge is 0.354 e. The summed E-state index contributed by atoms with van der Waals surface area (Å²) in [6.45, 7) is 5.20. The number of aromatic carboxylic acids is 1. The molecule has 21 heavy (non-hydrogen) atoms. The number of carboxylic acid groups (broad SMARTS) is 1. The maximum absolute atomic E-state index is 12.4. The lowest BCUT2D eigenvalue weighted by Gasteiger charge is -2.36. The molecular weight excluding hydrogens is 272 g/mol. The van der Waals surface area contributed by atoms with Crippen molar-refractivity contribution in [3.05, 3.63) is 17.7 Å². The Morgan fingerprint density at radius 3 is 2.71 bits per heavy atom. The van der Waals surface area contributed by atoms with Gasteiger partial charge in [0.25, 0.3) is 5.91 Å². The van der Waals surface area contributed by atoms with Gasteiger partial charge in [0.2, 0.25) is 0 Å². The van der Waals surface area contributed by atoms with Crippen molar-refractivity contribution in [3.63, 3.8) is 0 Å². The van der Waals surface area contributed by atoms with Gasteiger partial charge in [0.15, 0.2) is 11.4 Å². The second-order valence-corrected chi connectivity index (χ2v) is 5.42. The molecule has 2 N–H and O–H groups in total. The molecule has 0 saturated carbocycles. The van der Waals surface area contributed by atoms with E-state index in [0.29, 0.717) is 0 Å². The van der Waals surface area contributed by atoms with Crippen molar-refractivity contribution in [2.75, 3.05) is 26.7 Å². The molecule has 0 bridgehead atoms. The van der Waals surface area contributed by atoms with Gasteiger partial charge in [0, 0.05) is 26.2 Å². The largest absolute Gasteiger partial charge is 0.477 e. The molecule has 0 aliphatic carbocycles. The predicted octanol–water partition coefficient (Wildman–Crippen LogP) is 1.05. The van der Waals surface area contributed by atoms with Crippen LogP contribution in [0.3, 0.4) is 0 Å². The van der Waals surface area contributed by atoms with Gasteiger partial charge in [-0.15, -0.1) is 0 Å². The van der Waals surface area contributed by atoms with Crippen LogP contribution in [0.15, 0.2) is 6.33 Å². The summed E-state index contributed by atoms with van der Waals surface area (Å²) < 4.78 is 0. The summed E-state index contributed by atoms with van der Waals surface area (Å²) in [4.78, 5) is 33.8. The van der Waals surface area contributed by atoms with Gasteiger partial charge in [-0.2, -0.15) is 0 Å². The van der Waals surface area contributed by atoms with Crippen molar-refractivity contribution in [1.29, 1.82) is 0 Å². The topological polar surface area (TPSA) is 89.5 Å². The van der Waals surface area contributed by atoms with Gasteiger partial charge in [0.05, 0.1) is 6.33 Å². The van der Waals surface area contributed by atoms with Crippen molar-refractivity contribution >= 4 is 11.9 Å². The van der Waals surface area contributed by atoms with Gasteiger partial charge >= 0.3 is 5.97 Å². The molecular formula is C14H22N4O3. The Morgan fingerprint density at radius 1 is 1.48 bits per heavy atom. The zero-order valence-electron chi connectivity index (χ0n) is 12.5. The minimum absolute atomic E-state index is 0.0130. The van der Waals surface area contributed by atoms with E-state index in [-0.39, 0.29) is 23.3 Å². The van der Waals surface area contributed by atoms with E-state index < -0.39 is 5.97 Å². The number of hydrogen-bond donors (Lipinski definition) is 2. The first-order chi connectivity index (χ1) is 10.0. The number of aromatic nitrogens is 2. The van der Waals surface area contributed by atoms with E-state index >= 15 is 0 Å². The van der Waals surface area contributed by atoms with Crippen LogP contribution >= 0.6 is 0 Å². The van der Waals surface area contributed by atoms with E-state index in [1.165, 1.54) is 6.33 Å². The molecule has 0 radical (unpaired) electrons. The van der Waals surface area contributed by atoms with E-state index in [1.54, 1.807) is 11.9 Å². The van der Waals surface area contributed by atoms with Crippen LogP contribution in [-0.4, -0.2) is 69.5 Å². The summed E-state index contributed by atoms with van der Waals surface area (Å²) in [6.07, 6.45) is 4.20. The average molecular weight is 294 g/mol.